The molecule has 0 radical (unpaired) electrons. The van der Waals surface area contributed by atoms with Crippen LogP contribution in [0.3, 0.4) is 0 Å². The third-order valence-electron chi connectivity index (χ3n) is 2.46. The molecule has 2 aromatic carbocycles. The number of anilines is 2. The van der Waals surface area contributed by atoms with Crippen molar-refractivity contribution < 1.29 is 12.8 Å². The molecule has 2 aromatic rings. The van der Waals surface area contributed by atoms with Crippen LogP contribution in [-0.2, 0) is 10.0 Å². The minimum atomic E-state index is -3.88. The van der Waals surface area contributed by atoms with Crippen molar-refractivity contribution in [2.45, 2.75) is 4.90 Å². The van der Waals surface area contributed by atoms with Gasteiger partial charge in [-0.15, -0.1) is 0 Å². The molecule has 0 saturated carbocycles. The monoisotopic (exact) mass is 422 g/mol. The fourth-order valence-corrected chi connectivity index (χ4v) is 3.82. The summed E-state index contributed by atoms with van der Waals surface area (Å²) in [7, 11) is -3.88. The normalized spacial score (nSPS) is 11.3. The zero-order valence-corrected chi connectivity index (χ0v) is 13.9. The summed E-state index contributed by atoms with van der Waals surface area (Å²) in [4.78, 5) is -0.195. The predicted octanol–water partition coefficient (Wildman–Crippen LogP) is 3.73. The zero-order valence-electron chi connectivity index (χ0n) is 9.90. The Labute approximate surface area is 132 Å². The van der Waals surface area contributed by atoms with Crippen molar-refractivity contribution in [3.8, 4) is 0 Å². The molecule has 0 aliphatic heterocycles. The lowest BCUT2D eigenvalue weighted by Crippen LogP contribution is -2.13. The first kappa shape index (κ1) is 15.3. The Morgan fingerprint density at radius 3 is 2.40 bits per heavy atom. The highest BCUT2D eigenvalue weighted by Gasteiger charge is 2.17. The molecule has 0 bridgehead atoms. The van der Waals surface area contributed by atoms with E-state index in [4.69, 9.17) is 5.73 Å². The van der Waals surface area contributed by atoms with E-state index in [1.807, 2.05) is 0 Å². The van der Waals surface area contributed by atoms with Crippen LogP contribution in [0, 0.1) is 5.82 Å². The molecule has 0 saturated heterocycles. The van der Waals surface area contributed by atoms with Gasteiger partial charge in [0.25, 0.3) is 10.0 Å². The first-order chi connectivity index (χ1) is 9.29. The molecule has 0 fully saturated rings. The maximum atomic E-state index is 13.3. The molecule has 0 aromatic heterocycles. The van der Waals surface area contributed by atoms with Crippen LogP contribution in [0.25, 0.3) is 0 Å². The Balaban J connectivity index is 2.38. The Morgan fingerprint density at radius 2 is 1.80 bits per heavy atom. The first-order valence-corrected chi connectivity index (χ1v) is 8.39. The average Bonchev–Trinajstić information content (AvgIpc) is 2.36. The molecule has 8 heteroatoms. The Hall–Kier alpha value is -1.12. The Kier molecular flexibility index (Phi) is 4.36. The number of halogens is 3. The van der Waals surface area contributed by atoms with Gasteiger partial charge in [-0.2, -0.15) is 0 Å². The van der Waals surface area contributed by atoms with Gasteiger partial charge in [0, 0.05) is 8.95 Å². The lowest BCUT2D eigenvalue weighted by Gasteiger charge is -2.10. The van der Waals surface area contributed by atoms with Gasteiger partial charge < -0.3 is 5.73 Å². The molecule has 106 valence electrons. The number of sulfonamides is 1. The van der Waals surface area contributed by atoms with Gasteiger partial charge in [-0.3, -0.25) is 4.72 Å². The number of hydrogen-bond donors (Lipinski definition) is 2. The van der Waals surface area contributed by atoms with E-state index in [-0.39, 0.29) is 10.6 Å². The molecule has 3 N–H and O–H groups in total. The molecule has 0 aliphatic carbocycles. The van der Waals surface area contributed by atoms with Gasteiger partial charge in [0.15, 0.2) is 0 Å². The average molecular weight is 424 g/mol. The minimum absolute atomic E-state index is 0.103. The highest BCUT2D eigenvalue weighted by Crippen LogP contribution is 2.28. The summed E-state index contributed by atoms with van der Waals surface area (Å²) in [6, 6.07) is 8.30. The van der Waals surface area contributed by atoms with E-state index in [1.165, 1.54) is 12.1 Å². The molecule has 0 atom stereocenters. The van der Waals surface area contributed by atoms with Crippen LogP contribution in [0.5, 0.6) is 0 Å². The summed E-state index contributed by atoms with van der Waals surface area (Å²) >= 11 is 6.52. The molecule has 4 nitrogen and oxygen atoms in total. The van der Waals surface area contributed by atoms with Crippen molar-refractivity contribution in [1.29, 1.82) is 0 Å². The van der Waals surface area contributed by atoms with Crippen LogP contribution >= 0.6 is 31.9 Å². The van der Waals surface area contributed by atoms with Gasteiger partial charge in [-0.25, -0.2) is 12.8 Å². The van der Waals surface area contributed by atoms with Crippen LogP contribution in [-0.4, -0.2) is 8.42 Å². The van der Waals surface area contributed by atoms with Crippen LogP contribution in [0.15, 0.2) is 50.2 Å². The second-order valence-corrected chi connectivity index (χ2v) is 7.37. The van der Waals surface area contributed by atoms with Crippen molar-refractivity contribution in [3.63, 3.8) is 0 Å². The number of benzene rings is 2. The van der Waals surface area contributed by atoms with Crippen molar-refractivity contribution in [2.24, 2.45) is 0 Å². The molecule has 0 amide bonds. The summed E-state index contributed by atoms with van der Waals surface area (Å²) in [5, 5.41) is 0. The van der Waals surface area contributed by atoms with Crippen molar-refractivity contribution in [3.05, 3.63) is 51.2 Å². The van der Waals surface area contributed by atoms with Gasteiger partial charge >= 0.3 is 0 Å². The number of hydrogen-bond acceptors (Lipinski definition) is 3. The Morgan fingerprint density at radius 1 is 1.10 bits per heavy atom. The second-order valence-electron chi connectivity index (χ2n) is 3.91. The van der Waals surface area contributed by atoms with E-state index >= 15 is 0 Å². The lowest BCUT2D eigenvalue weighted by molar-refractivity contribution is 0.596. The third kappa shape index (κ3) is 3.31. The summed E-state index contributed by atoms with van der Waals surface area (Å²) in [6.45, 7) is 0. The summed E-state index contributed by atoms with van der Waals surface area (Å²) < 4.78 is 41.4. The predicted molar refractivity (Wildman–Crippen MR) is 83.5 cm³/mol. The minimum Gasteiger partial charge on any atom is -0.396 e. The van der Waals surface area contributed by atoms with E-state index < -0.39 is 15.8 Å². The molecule has 2 rings (SSSR count). The van der Waals surface area contributed by atoms with Gasteiger partial charge in [-0.1, -0.05) is 15.9 Å². The number of nitrogens with one attached hydrogen (secondary N) is 1. The first-order valence-electron chi connectivity index (χ1n) is 5.32. The van der Waals surface area contributed by atoms with Crippen LogP contribution in [0.4, 0.5) is 15.8 Å². The van der Waals surface area contributed by atoms with Crippen LogP contribution in [0.2, 0.25) is 0 Å². The third-order valence-corrected chi connectivity index (χ3v) is 4.97. The largest absolute Gasteiger partial charge is 0.396 e. The maximum Gasteiger partial charge on any atom is 0.262 e. The van der Waals surface area contributed by atoms with Crippen LogP contribution < -0.4 is 10.5 Å². The van der Waals surface area contributed by atoms with Gasteiger partial charge in [0.2, 0.25) is 0 Å². The van der Waals surface area contributed by atoms with Crippen LogP contribution in [0.1, 0.15) is 0 Å². The SMILES string of the molecule is Nc1ccc(S(=O)(=O)Nc2ccc(Br)cc2Br)cc1F. The molecule has 0 aliphatic rings. The summed E-state index contributed by atoms with van der Waals surface area (Å²) in [6.07, 6.45) is 0. The van der Waals surface area contributed by atoms with Gasteiger partial charge in [0.1, 0.15) is 5.82 Å². The second kappa shape index (κ2) is 5.71. The molecule has 20 heavy (non-hydrogen) atoms. The maximum absolute atomic E-state index is 13.3. The van der Waals surface area contributed by atoms with E-state index in [0.717, 1.165) is 10.5 Å². The number of nitrogen functional groups attached to an aromatic ring is 1. The smallest absolute Gasteiger partial charge is 0.262 e. The summed E-state index contributed by atoms with van der Waals surface area (Å²) in [5.74, 6) is -0.775. The number of nitrogens with two attached hydrogens (primary N) is 1. The van der Waals surface area contributed by atoms with E-state index in [9.17, 15) is 12.8 Å². The highest BCUT2D eigenvalue weighted by molar-refractivity contribution is 9.11. The van der Waals surface area contributed by atoms with E-state index in [1.54, 1.807) is 18.2 Å². The van der Waals surface area contributed by atoms with Gasteiger partial charge in [-0.05, 0) is 52.3 Å². The fourth-order valence-electron chi connectivity index (χ4n) is 1.45. The molecule has 0 heterocycles. The fraction of sp³-hybridized carbons (Fsp3) is 0. The molecular formula is C12H9Br2FN2O2S. The number of rotatable bonds is 3. The van der Waals surface area contributed by atoms with Crippen molar-refractivity contribution in [2.75, 3.05) is 10.5 Å². The topological polar surface area (TPSA) is 72.2 Å². The standard InChI is InChI=1S/C12H9Br2FN2O2S/c13-7-1-4-12(9(14)5-7)17-20(18,19)8-2-3-11(16)10(15)6-8/h1-6,17H,16H2. The van der Waals surface area contributed by atoms with Gasteiger partial charge in [0.05, 0.1) is 16.3 Å². The molecule has 0 unspecified atom stereocenters. The summed E-state index contributed by atoms with van der Waals surface area (Å²) in [5.41, 5.74) is 5.57. The molecule has 0 spiro atoms. The van der Waals surface area contributed by atoms with E-state index in [0.29, 0.717) is 10.2 Å². The molecular weight excluding hydrogens is 415 g/mol. The quantitative estimate of drug-likeness (QED) is 0.738. The lowest BCUT2D eigenvalue weighted by atomic mass is 10.3. The zero-order chi connectivity index (χ0) is 14.9. The van der Waals surface area contributed by atoms with Crippen molar-refractivity contribution in [1.82, 2.24) is 0 Å². The Bertz CT molecular complexity index is 766. The van der Waals surface area contributed by atoms with E-state index in [2.05, 4.69) is 36.6 Å². The van der Waals surface area contributed by atoms with Crippen molar-refractivity contribution >= 4 is 53.3 Å². The highest BCUT2D eigenvalue weighted by atomic mass is 79.9.